The second-order valence-electron chi connectivity index (χ2n) is 9.36. The Morgan fingerprint density at radius 1 is 1.08 bits per heavy atom. The van der Waals surface area contributed by atoms with Crippen molar-refractivity contribution in [2.24, 2.45) is 28.6 Å². The molecule has 0 heterocycles. The average molecular weight is 347 g/mol. The zero-order valence-electron chi connectivity index (χ0n) is 15.5. The topological polar surface area (TPSA) is 17.1 Å². The molecule has 0 spiro atoms. The summed E-state index contributed by atoms with van der Waals surface area (Å²) < 4.78 is 0. The van der Waals surface area contributed by atoms with Crippen LogP contribution in [0.15, 0.2) is 22.8 Å². The van der Waals surface area contributed by atoms with Crippen molar-refractivity contribution < 1.29 is 4.79 Å². The molecule has 5 atom stereocenters. The first-order valence-electron chi connectivity index (χ1n) is 9.89. The van der Waals surface area contributed by atoms with Crippen LogP contribution in [0.25, 0.3) is 0 Å². The van der Waals surface area contributed by atoms with E-state index >= 15 is 0 Å². The number of carbonyl (C=O) groups excluding carboxylic acids is 1. The van der Waals surface area contributed by atoms with Crippen molar-refractivity contribution in [1.82, 2.24) is 0 Å². The van der Waals surface area contributed by atoms with Crippen LogP contribution in [0.3, 0.4) is 0 Å². The lowest BCUT2D eigenvalue weighted by atomic mass is 9.47. The third-order valence-electron chi connectivity index (χ3n) is 8.46. The van der Waals surface area contributed by atoms with Gasteiger partial charge in [-0.3, -0.25) is 4.79 Å². The summed E-state index contributed by atoms with van der Waals surface area (Å²) in [6, 6.07) is 0. The summed E-state index contributed by atoms with van der Waals surface area (Å²) in [4.78, 5) is 11.9. The van der Waals surface area contributed by atoms with E-state index in [4.69, 9.17) is 11.6 Å². The maximum atomic E-state index is 11.9. The highest BCUT2D eigenvalue weighted by molar-refractivity contribution is 6.19. The third kappa shape index (κ3) is 2.23. The van der Waals surface area contributed by atoms with Gasteiger partial charge in [0, 0.05) is 12.3 Å². The maximum Gasteiger partial charge on any atom is 0.155 e. The Bertz CT molecular complexity index is 630. The molecule has 0 aliphatic heterocycles. The second-order valence-corrected chi connectivity index (χ2v) is 9.62. The minimum atomic E-state index is 0.298. The van der Waals surface area contributed by atoms with Crippen molar-refractivity contribution in [2.75, 3.05) is 5.88 Å². The molecule has 24 heavy (non-hydrogen) atoms. The standard InChI is InChI=1S/C22H31ClO/c1-14(13-23)18-6-7-19-17-5-4-15-12-16(24)8-10-21(15,2)20(17)9-11-22(18,19)3/h12,17,19-20H,4-11,13H2,1-3H3/b18-14+. The zero-order valence-corrected chi connectivity index (χ0v) is 16.2. The van der Waals surface area contributed by atoms with Gasteiger partial charge in [0.2, 0.25) is 0 Å². The SMILES string of the molecule is C/C(CCl)=C1/CCC2C3CCC4=CC(=O)CCC4(C)C3CCC12C. The fourth-order valence-corrected chi connectivity index (χ4v) is 7.31. The molecule has 5 unspecified atom stereocenters. The molecule has 0 N–H and O–H groups in total. The monoisotopic (exact) mass is 346 g/mol. The minimum Gasteiger partial charge on any atom is -0.295 e. The first-order chi connectivity index (χ1) is 11.4. The van der Waals surface area contributed by atoms with Gasteiger partial charge in [-0.1, -0.05) is 30.6 Å². The number of hydrogen-bond donors (Lipinski definition) is 0. The molecule has 0 radical (unpaired) electrons. The summed E-state index contributed by atoms with van der Waals surface area (Å²) >= 11 is 6.19. The highest BCUT2D eigenvalue weighted by Crippen LogP contribution is 2.66. The summed E-state index contributed by atoms with van der Waals surface area (Å²) in [5, 5.41) is 0. The Balaban J connectivity index is 1.69. The van der Waals surface area contributed by atoms with Gasteiger partial charge in [0.15, 0.2) is 5.78 Å². The fraction of sp³-hybridized carbons (Fsp3) is 0.773. The van der Waals surface area contributed by atoms with Crippen LogP contribution < -0.4 is 0 Å². The van der Waals surface area contributed by atoms with Crippen molar-refractivity contribution in [2.45, 2.75) is 72.1 Å². The highest BCUT2D eigenvalue weighted by Gasteiger charge is 2.57. The van der Waals surface area contributed by atoms with Gasteiger partial charge in [0.1, 0.15) is 0 Å². The molecule has 4 aliphatic rings. The highest BCUT2D eigenvalue weighted by atomic mass is 35.5. The predicted octanol–water partition coefficient (Wildman–Crippen LogP) is 6.07. The van der Waals surface area contributed by atoms with Gasteiger partial charge in [-0.05, 0) is 86.5 Å². The fourth-order valence-electron chi connectivity index (χ4n) is 7.15. The smallest absolute Gasteiger partial charge is 0.155 e. The number of fused-ring (bicyclic) bond motifs is 5. The molecule has 0 bridgehead atoms. The van der Waals surface area contributed by atoms with Gasteiger partial charge < -0.3 is 0 Å². The lowest BCUT2D eigenvalue weighted by molar-refractivity contribution is -0.117. The molecule has 0 aromatic rings. The van der Waals surface area contributed by atoms with E-state index in [2.05, 4.69) is 20.8 Å². The maximum absolute atomic E-state index is 11.9. The van der Waals surface area contributed by atoms with Gasteiger partial charge in [0.05, 0.1) is 0 Å². The molecule has 3 fully saturated rings. The lowest BCUT2D eigenvalue weighted by Crippen LogP contribution is -2.49. The molecule has 132 valence electrons. The van der Waals surface area contributed by atoms with Crippen LogP contribution in [-0.4, -0.2) is 11.7 Å². The Morgan fingerprint density at radius 3 is 2.58 bits per heavy atom. The van der Waals surface area contributed by atoms with E-state index in [1.54, 1.807) is 5.57 Å². The van der Waals surface area contributed by atoms with E-state index in [1.807, 2.05) is 6.08 Å². The van der Waals surface area contributed by atoms with Crippen molar-refractivity contribution in [3.05, 3.63) is 22.8 Å². The Morgan fingerprint density at radius 2 is 1.83 bits per heavy atom. The molecule has 3 saturated carbocycles. The summed E-state index contributed by atoms with van der Waals surface area (Å²) in [7, 11) is 0. The number of rotatable bonds is 1. The van der Waals surface area contributed by atoms with E-state index < -0.39 is 0 Å². The largest absolute Gasteiger partial charge is 0.295 e. The first-order valence-corrected chi connectivity index (χ1v) is 10.4. The number of carbonyl (C=O) groups is 1. The normalized spacial score (nSPS) is 46.8. The van der Waals surface area contributed by atoms with Crippen molar-refractivity contribution in [3.8, 4) is 0 Å². The number of alkyl halides is 1. The molecular formula is C22H31ClO. The Hall–Kier alpha value is -0.560. The van der Waals surface area contributed by atoms with E-state index in [1.165, 1.54) is 43.3 Å². The molecule has 4 aliphatic carbocycles. The zero-order chi connectivity index (χ0) is 17.1. The quantitative estimate of drug-likeness (QED) is 0.415. The number of ketones is 1. The van der Waals surface area contributed by atoms with E-state index in [0.29, 0.717) is 22.5 Å². The predicted molar refractivity (Wildman–Crippen MR) is 100 cm³/mol. The van der Waals surface area contributed by atoms with Crippen LogP contribution in [0.4, 0.5) is 0 Å². The molecule has 0 amide bonds. The molecule has 1 nitrogen and oxygen atoms in total. The molecule has 4 rings (SSSR count). The summed E-state index contributed by atoms with van der Waals surface area (Å²) in [5.41, 5.74) is 5.29. The van der Waals surface area contributed by atoms with Crippen LogP contribution in [0, 0.1) is 28.6 Å². The summed E-state index contributed by atoms with van der Waals surface area (Å²) in [6.07, 6.45) is 11.6. The van der Waals surface area contributed by atoms with Gasteiger partial charge in [-0.2, -0.15) is 0 Å². The van der Waals surface area contributed by atoms with Gasteiger partial charge >= 0.3 is 0 Å². The first kappa shape index (κ1) is 16.9. The second kappa shape index (κ2) is 5.73. The molecule has 0 aromatic heterocycles. The summed E-state index contributed by atoms with van der Waals surface area (Å²) in [5.74, 6) is 3.53. The molecular weight excluding hydrogens is 316 g/mol. The Labute approximate surface area is 151 Å². The van der Waals surface area contributed by atoms with Crippen LogP contribution in [0.1, 0.15) is 72.1 Å². The minimum absolute atomic E-state index is 0.298. The van der Waals surface area contributed by atoms with Crippen LogP contribution in [-0.2, 0) is 4.79 Å². The van der Waals surface area contributed by atoms with Crippen molar-refractivity contribution in [3.63, 3.8) is 0 Å². The van der Waals surface area contributed by atoms with Crippen LogP contribution in [0.2, 0.25) is 0 Å². The number of halogens is 1. The van der Waals surface area contributed by atoms with E-state index in [-0.39, 0.29) is 0 Å². The molecule has 0 aromatic carbocycles. The number of allylic oxidation sites excluding steroid dienone is 3. The van der Waals surface area contributed by atoms with Crippen LogP contribution >= 0.6 is 11.6 Å². The average Bonchev–Trinajstić information content (AvgIpc) is 2.92. The molecule has 0 saturated heterocycles. The summed E-state index contributed by atoms with van der Waals surface area (Å²) in [6.45, 7) is 7.25. The van der Waals surface area contributed by atoms with Crippen molar-refractivity contribution in [1.29, 1.82) is 0 Å². The van der Waals surface area contributed by atoms with E-state index in [9.17, 15) is 4.79 Å². The third-order valence-corrected chi connectivity index (χ3v) is 8.86. The van der Waals surface area contributed by atoms with Crippen LogP contribution in [0.5, 0.6) is 0 Å². The van der Waals surface area contributed by atoms with Gasteiger partial charge in [0.25, 0.3) is 0 Å². The molecule has 2 heteroatoms. The Kier molecular flexibility index (Phi) is 4.03. The van der Waals surface area contributed by atoms with Crippen molar-refractivity contribution >= 4 is 17.4 Å². The van der Waals surface area contributed by atoms with Gasteiger partial charge in [-0.25, -0.2) is 0 Å². The number of hydrogen-bond acceptors (Lipinski definition) is 1. The van der Waals surface area contributed by atoms with E-state index in [0.717, 1.165) is 37.0 Å². The lowest BCUT2D eigenvalue weighted by Gasteiger charge is -2.57. The van der Waals surface area contributed by atoms with Gasteiger partial charge in [-0.15, -0.1) is 11.6 Å².